The Hall–Kier alpha value is -0.0400. The van der Waals surface area contributed by atoms with Gasteiger partial charge in [-0.15, -0.1) is 24.0 Å². The van der Waals surface area contributed by atoms with Crippen molar-refractivity contribution in [1.82, 2.24) is 10.6 Å². The van der Waals surface area contributed by atoms with Gasteiger partial charge in [-0.05, 0) is 38.5 Å². The molecule has 114 valence electrons. The Morgan fingerprint density at radius 1 is 1.21 bits per heavy atom. The molecule has 2 N–H and O–H groups in total. The summed E-state index contributed by atoms with van der Waals surface area (Å²) in [5.74, 6) is 0.928. The number of hydrogen-bond donors (Lipinski definition) is 2. The Bertz CT molecular complexity index is 250. The third-order valence-corrected chi connectivity index (χ3v) is 3.82. The van der Waals surface area contributed by atoms with Crippen LogP contribution in [0.25, 0.3) is 0 Å². The van der Waals surface area contributed by atoms with Crippen LogP contribution in [0, 0.1) is 5.41 Å². The first-order chi connectivity index (χ1) is 8.76. The lowest BCUT2D eigenvalue weighted by Gasteiger charge is -2.40. The van der Waals surface area contributed by atoms with E-state index in [1.165, 1.54) is 25.7 Å². The Morgan fingerprint density at radius 3 is 2.42 bits per heavy atom. The number of halogens is 1. The van der Waals surface area contributed by atoms with E-state index in [0.29, 0.717) is 5.41 Å². The van der Waals surface area contributed by atoms with Crippen molar-refractivity contribution in [3.05, 3.63) is 0 Å². The van der Waals surface area contributed by atoms with Gasteiger partial charge < -0.3 is 15.4 Å². The number of ether oxygens (including phenoxy) is 1. The lowest BCUT2D eigenvalue weighted by atomic mass is 9.67. The van der Waals surface area contributed by atoms with Gasteiger partial charge in [0, 0.05) is 26.2 Å². The summed E-state index contributed by atoms with van der Waals surface area (Å²) in [4.78, 5) is 4.71. The molecule has 0 aromatic carbocycles. The number of nitrogens with one attached hydrogen (secondary N) is 2. The van der Waals surface area contributed by atoms with Crippen molar-refractivity contribution >= 4 is 29.9 Å². The Kier molecular flexibility index (Phi) is 10.7. The maximum Gasteiger partial charge on any atom is 0.191 e. The lowest BCUT2D eigenvalue weighted by molar-refractivity contribution is 0.139. The highest BCUT2D eigenvalue weighted by Gasteiger charge is 2.34. The second kappa shape index (κ2) is 10.7. The zero-order chi connectivity index (χ0) is 13.3. The Balaban J connectivity index is 0.00000324. The summed E-state index contributed by atoms with van der Waals surface area (Å²) in [5.41, 5.74) is 0.488. The molecule has 1 fully saturated rings. The van der Waals surface area contributed by atoms with Crippen molar-refractivity contribution in [2.24, 2.45) is 10.4 Å². The maximum atomic E-state index is 5.32. The van der Waals surface area contributed by atoms with Crippen LogP contribution in [0.1, 0.15) is 46.5 Å². The molecule has 1 saturated carbocycles. The fourth-order valence-corrected chi connectivity index (χ4v) is 2.27. The quantitative estimate of drug-likeness (QED) is 0.293. The van der Waals surface area contributed by atoms with Crippen LogP contribution in [0.2, 0.25) is 0 Å². The molecule has 0 aromatic heterocycles. The minimum Gasteiger partial charge on any atom is -0.380 e. The number of aliphatic imine (C=N–C) groups is 1. The van der Waals surface area contributed by atoms with Gasteiger partial charge in [-0.3, -0.25) is 4.99 Å². The van der Waals surface area contributed by atoms with E-state index in [0.717, 1.165) is 38.8 Å². The second-order valence-corrected chi connectivity index (χ2v) is 5.03. The van der Waals surface area contributed by atoms with Gasteiger partial charge in [0.2, 0.25) is 0 Å². The third-order valence-electron chi connectivity index (χ3n) is 3.82. The van der Waals surface area contributed by atoms with Crippen LogP contribution in [0.5, 0.6) is 0 Å². The van der Waals surface area contributed by atoms with Crippen LogP contribution in [0.15, 0.2) is 4.99 Å². The molecular weight excluding hydrogens is 353 g/mol. The molecule has 0 heterocycles. The van der Waals surface area contributed by atoms with E-state index >= 15 is 0 Å². The average molecular weight is 383 g/mol. The summed E-state index contributed by atoms with van der Waals surface area (Å²) in [7, 11) is 0. The minimum absolute atomic E-state index is 0. The molecule has 19 heavy (non-hydrogen) atoms. The first kappa shape index (κ1) is 19.0. The van der Waals surface area contributed by atoms with Crippen LogP contribution >= 0.6 is 24.0 Å². The first-order valence-corrected chi connectivity index (χ1v) is 7.36. The van der Waals surface area contributed by atoms with E-state index in [1.54, 1.807) is 0 Å². The van der Waals surface area contributed by atoms with E-state index in [-0.39, 0.29) is 24.0 Å². The van der Waals surface area contributed by atoms with E-state index in [2.05, 4.69) is 24.5 Å². The summed E-state index contributed by atoms with van der Waals surface area (Å²) < 4.78 is 5.32. The van der Waals surface area contributed by atoms with Gasteiger partial charge >= 0.3 is 0 Å². The van der Waals surface area contributed by atoms with E-state index in [4.69, 9.17) is 9.73 Å². The van der Waals surface area contributed by atoms with Crippen molar-refractivity contribution in [1.29, 1.82) is 0 Å². The number of nitrogens with zero attached hydrogens (tertiary/aromatic N) is 1. The van der Waals surface area contributed by atoms with E-state index in [1.807, 2.05) is 6.92 Å². The summed E-state index contributed by atoms with van der Waals surface area (Å²) in [5, 5.41) is 6.60. The maximum absolute atomic E-state index is 5.32. The zero-order valence-electron chi connectivity index (χ0n) is 12.6. The van der Waals surface area contributed by atoms with Gasteiger partial charge in [0.25, 0.3) is 0 Å². The highest BCUT2D eigenvalue weighted by molar-refractivity contribution is 14.0. The number of hydrogen-bond acceptors (Lipinski definition) is 2. The SMILES string of the molecule is CCNC(=NCC1(CC)CCC1)NCCOCC.I. The van der Waals surface area contributed by atoms with E-state index < -0.39 is 0 Å². The molecule has 1 rings (SSSR count). The third kappa shape index (κ3) is 6.79. The first-order valence-electron chi connectivity index (χ1n) is 7.36. The fraction of sp³-hybridized carbons (Fsp3) is 0.929. The van der Waals surface area contributed by atoms with Crippen LogP contribution in [-0.2, 0) is 4.74 Å². The molecule has 4 nitrogen and oxygen atoms in total. The molecule has 0 saturated heterocycles. The molecule has 0 unspecified atom stereocenters. The molecular formula is C14H30IN3O. The summed E-state index contributed by atoms with van der Waals surface area (Å²) >= 11 is 0. The predicted octanol–water partition coefficient (Wildman–Crippen LogP) is 2.78. The molecule has 0 aliphatic heterocycles. The van der Waals surface area contributed by atoms with Gasteiger partial charge in [0.1, 0.15) is 0 Å². The highest BCUT2D eigenvalue weighted by atomic mass is 127. The van der Waals surface area contributed by atoms with Gasteiger partial charge in [-0.2, -0.15) is 0 Å². The smallest absolute Gasteiger partial charge is 0.191 e. The topological polar surface area (TPSA) is 45.7 Å². The number of rotatable bonds is 8. The Labute approximate surface area is 135 Å². The normalized spacial score (nSPS) is 17.3. The molecule has 5 heteroatoms. The molecule has 0 amide bonds. The van der Waals surface area contributed by atoms with Crippen molar-refractivity contribution in [2.75, 3.05) is 32.8 Å². The predicted molar refractivity (Wildman–Crippen MR) is 92.5 cm³/mol. The summed E-state index contributed by atoms with van der Waals surface area (Å²) in [6.45, 7) is 10.6. The average Bonchev–Trinajstić information content (AvgIpc) is 2.33. The number of guanidine groups is 1. The van der Waals surface area contributed by atoms with Crippen LogP contribution in [0.4, 0.5) is 0 Å². The van der Waals surface area contributed by atoms with Gasteiger partial charge in [0.05, 0.1) is 6.61 Å². The highest BCUT2D eigenvalue weighted by Crippen LogP contribution is 2.43. The molecule has 0 radical (unpaired) electrons. The molecule has 1 aliphatic carbocycles. The minimum atomic E-state index is 0. The molecule has 1 aliphatic rings. The molecule has 0 spiro atoms. The lowest BCUT2D eigenvalue weighted by Crippen LogP contribution is -2.41. The van der Waals surface area contributed by atoms with Crippen molar-refractivity contribution in [2.45, 2.75) is 46.5 Å². The summed E-state index contributed by atoms with van der Waals surface area (Å²) in [6, 6.07) is 0. The van der Waals surface area contributed by atoms with E-state index in [9.17, 15) is 0 Å². The van der Waals surface area contributed by atoms with Crippen LogP contribution in [-0.4, -0.2) is 38.8 Å². The molecule has 0 aromatic rings. The fourth-order valence-electron chi connectivity index (χ4n) is 2.27. The molecule has 0 atom stereocenters. The van der Waals surface area contributed by atoms with Crippen molar-refractivity contribution in [3.8, 4) is 0 Å². The van der Waals surface area contributed by atoms with Gasteiger partial charge in [-0.25, -0.2) is 0 Å². The largest absolute Gasteiger partial charge is 0.380 e. The van der Waals surface area contributed by atoms with Crippen LogP contribution < -0.4 is 10.6 Å². The van der Waals surface area contributed by atoms with Crippen molar-refractivity contribution < 1.29 is 4.74 Å². The summed E-state index contributed by atoms with van der Waals surface area (Å²) in [6.07, 6.45) is 5.29. The Morgan fingerprint density at radius 2 is 1.95 bits per heavy atom. The second-order valence-electron chi connectivity index (χ2n) is 5.03. The van der Waals surface area contributed by atoms with Crippen LogP contribution in [0.3, 0.4) is 0 Å². The monoisotopic (exact) mass is 383 g/mol. The standard InChI is InChI=1S/C14H29N3O.HI/c1-4-14(8-7-9-14)12-17-13(15-5-2)16-10-11-18-6-3;/h4-12H2,1-3H3,(H2,15,16,17);1H. The zero-order valence-corrected chi connectivity index (χ0v) is 15.0. The van der Waals surface area contributed by atoms with Gasteiger partial charge in [-0.1, -0.05) is 13.3 Å². The van der Waals surface area contributed by atoms with Crippen molar-refractivity contribution in [3.63, 3.8) is 0 Å². The van der Waals surface area contributed by atoms with Gasteiger partial charge in [0.15, 0.2) is 5.96 Å². The molecule has 0 bridgehead atoms.